The van der Waals surface area contributed by atoms with Crippen LogP contribution in [0.2, 0.25) is 0 Å². The van der Waals surface area contributed by atoms with Crippen LogP contribution >= 0.6 is 0 Å². The number of rotatable bonds is 9. The van der Waals surface area contributed by atoms with Gasteiger partial charge in [-0.15, -0.1) is 0 Å². The van der Waals surface area contributed by atoms with Crippen molar-refractivity contribution in [3.63, 3.8) is 0 Å². The molecule has 28 heavy (non-hydrogen) atoms. The third-order valence-electron chi connectivity index (χ3n) is 3.96. The van der Waals surface area contributed by atoms with Gasteiger partial charge in [-0.2, -0.15) is 5.26 Å². The van der Waals surface area contributed by atoms with Crippen LogP contribution in [0.25, 0.3) is 6.08 Å². The van der Waals surface area contributed by atoms with Crippen LogP contribution in [0.1, 0.15) is 32.8 Å². The highest BCUT2D eigenvalue weighted by atomic mass is 16.3. The molecule has 2 unspecified atom stereocenters. The van der Waals surface area contributed by atoms with Crippen molar-refractivity contribution in [3.8, 4) is 11.8 Å². The molecule has 0 bridgehead atoms. The minimum absolute atomic E-state index is 0.0636. The van der Waals surface area contributed by atoms with Crippen molar-refractivity contribution in [2.45, 2.75) is 45.3 Å². The van der Waals surface area contributed by atoms with E-state index in [-0.39, 0.29) is 24.0 Å². The number of nitriles is 1. The van der Waals surface area contributed by atoms with Crippen molar-refractivity contribution in [2.75, 3.05) is 0 Å². The standard InChI is InChI=1S/C20H26N4O4/c1-12(2)19(23-13(3)25)20(28)24-17(10-15(22)11-21)18(27)9-6-14-4-7-16(26)8-5-14/h4-9,12,15,17,19,26H,10,22H2,1-3H3,(H,23,25)(H,24,28)/b9-6+/t15?,17?,19-/m0/s1. The molecule has 0 radical (unpaired) electrons. The van der Waals surface area contributed by atoms with Gasteiger partial charge in [0.15, 0.2) is 5.78 Å². The van der Waals surface area contributed by atoms with Crippen molar-refractivity contribution in [2.24, 2.45) is 11.7 Å². The third kappa shape index (κ3) is 7.60. The van der Waals surface area contributed by atoms with Gasteiger partial charge in [0, 0.05) is 13.3 Å². The van der Waals surface area contributed by atoms with Crippen LogP contribution in [0, 0.1) is 17.2 Å². The maximum Gasteiger partial charge on any atom is 0.243 e. The van der Waals surface area contributed by atoms with Crippen LogP contribution in [-0.2, 0) is 14.4 Å². The smallest absolute Gasteiger partial charge is 0.243 e. The first-order chi connectivity index (χ1) is 13.1. The third-order valence-corrected chi connectivity index (χ3v) is 3.96. The Morgan fingerprint density at radius 1 is 1.21 bits per heavy atom. The lowest BCUT2D eigenvalue weighted by Crippen LogP contribution is -2.54. The number of amides is 2. The Morgan fingerprint density at radius 2 is 1.82 bits per heavy atom. The summed E-state index contributed by atoms with van der Waals surface area (Å²) < 4.78 is 0. The summed E-state index contributed by atoms with van der Waals surface area (Å²) in [6.45, 7) is 4.84. The Bertz CT molecular complexity index is 765. The second-order valence-electron chi connectivity index (χ2n) is 6.78. The molecule has 8 heteroatoms. The Kier molecular flexibility index (Phi) is 8.85. The lowest BCUT2D eigenvalue weighted by Gasteiger charge is -2.24. The molecule has 1 aromatic carbocycles. The molecule has 5 N–H and O–H groups in total. The zero-order valence-electron chi connectivity index (χ0n) is 16.2. The summed E-state index contributed by atoms with van der Waals surface area (Å²) in [5, 5.41) is 23.4. The number of ketones is 1. The SMILES string of the molecule is CC(=O)N[C@H](C(=O)NC(CC(N)C#N)C(=O)/C=C/c1ccc(O)cc1)C(C)C. The molecule has 1 aromatic rings. The Morgan fingerprint density at radius 3 is 2.32 bits per heavy atom. The highest BCUT2D eigenvalue weighted by molar-refractivity contribution is 6.00. The van der Waals surface area contributed by atoms with Gasteiger partial charge in [-0.3, -0.25) is 14.4 Å². The number of aromatic hydroxyl groups is 1. The molecule has 150 valence electrons. The molecule has 8 nitrogen and oxygen atoms in total. The number of nitrogens with two attached hydrogens (primary N) is 1. The molecule has 0 aliphatic rings. The van der Waals surface area contributed by atoms with Crippen LogP contribution in [0.5, 0.6) is 5.75 Å². The first-order valence-corrected chi connectivity index (χ1v) is 8.87. The molecule has 0 saturated carbocycles. The lowest BCUT2D eigenvalue weighted by atomic mass is 9.99. The molecule has 0 aromatic heterocycles. The first kappa shape index (κ1) is 22.9. The van der Waals surface area contributed by atoms with Gasteiger partial charge in [-0.25, -0.2) is 0 Å². The van der Waals surface area contributed by atoms with E-state index in [2.05, 4.69) is 10.6 Å². The molecule has 0 aliphatic carbocycles. The van der Waals surface area contributed by atoms with Crippen molar-refractivity contribution < 1.29 is 19.5 Å². The molecule has 0 aliphatic heterocycles. The van der Waals surface area contributed by atoms with Crippen molar-refractivity contribution in [1.29, 1.82) is 5.26 Å². The zero-order chi connectivity index (χ0) is 21.3. The summed E-state index contributed by atoms with van der Waals surface area (Å²) in [4.78, 5) is 36.5. The average Bonchev–Trinajstić information content (AvgIpc) is 2.64. The van der Waals surface area contributed by atoms with E-state index < -0.39 is 29.8 Å². The van der Waals surface area contributed by atoms with Gasteiger partial charge in [0.2, 0.25) is 11.8 Å². The predicted octanol–water partition coefficient (Wildman–Crippen LogP) is 0.861. The van der Waals surface area contributed by atoms with Gasteiger partial charge in [0.25, 0.3) is 0 Å². The van der Waals surface area contributed by atoms with E-state index in [9.17, 15) is 19.5 Å². The van der Waals surface area contributed by atoms with Crippen LogP contribution < -0.4 is 16.4 Å². The highest BCUT2D eigenvalue weighted by Crippen LogP contribution is 2.11. The number of phenols is 1. The monoisotopic (exact) mass is 386 g/mol. The van der Waals surface area contributed by atoms with Gasteiger partial charge in [-0.05, 0) is 29.7 Å². The summed E-state index contributed by atoms with van der Waals surface area (Å²) in [6, 6.07) is 5.30. The summed E-state index contributed by atoms with van der Waals surface area (Å²) in [5.74, 6) is -1.41. The number of phenolic OH excluding ortho intramolecular Hbond substituents is 1. The van der Waals surface area contributed by atoms with Crippen LogP contribution in [-0.4, -0.2) is 40.8 Å². The highest BCUT2D eigenvalue weighted by Gasteiger charge is 2.28. The predicted molar refractivity (Wildman–Crippen MR) is 105 cm³/mol. The average molecular weight is 386 g/mol. The number of benzene rings is 1. The largest absolute Gasteiger partial charge is 0.508 e. The minimum atomic E-state index is -1.01. The number of carbonyl (C=O) groups excluding carboxylic acids is 3. The maximum atomic E-state index is 12.6. The summed E-state index contributed by atoms with van der Waals surface area (Å²) in [5.41, 5.74) is 6.32. The van der Waals surface area contributed by atoms with Crippen molar-refractivity contribution in [3.05, 3.63) is 35.9 Å². The van der Waals surface area contributed by atoms with Crippen LogP contribution in [0.4, 0.5) is 0 Å². The Labute approximate surface area is 164 Å². The van der Waals surface area contributed by atoms with Crippen LogP contribution in [0.15, 0.2) is 30.3 Å². The van der Waals surface area contributed by atoms with Gasteiger partial charge in [0.05, 0.1) is 18.2 Å². The summed E-state index contributed by atoms with van der Waals surface area (Å²) >= 11 is 0. The second-order valence-corrected chi connectivity index (χ2v) is 6.78. The fourth-order valence-electron chi connectivity index (χ4n) is 2.45. The normalized spacial score (nSPS) is 14.1. The van der Waals surface area contributed by atoms with E-state index >= 15 is 0 Å². The number of carbonyl (C=O) groups is 3. The molecule has 0 spiro atoms. The fourth-order valence-corrected chi connectivity index (χ4v) is 2.45. The quantitative estimate of drug-likeness (QED) is 0.463. The maximum absolute atomic E-state index is 12.6. The second kappa shape index (κ2) is 10.8. The lowest BCUT2D eigenvalue weighted by molar-refractivity contribution is -0.131. The molecule has 0 fully saturated rings. The fraction of sp³-hybridized carbons (Fsp3) is 0.400. The first-order valence-electron chi connectivity index (χ1n) is 8.87. The number of nitrogens with zero attached hydrogens (tertiary/aromatic N) is 1. The molecule has 2 amide bonds. The number of nitrogens with one attached hydrogen (secondary N) is 2. The molecule has 3 atom stereocenters. The molecule has 0 heterocycles. The van der Waals surface area contributed by atoms with E-state index in [1.54, 1.807) is 26.0 Å². The van der Waals surface area contributed by atoms with Crippen molar-refractivity contribution >= 4 is 23.7 Å². The Hall–Kier alpha value is -3.18. The number of hydrogen-bond donors (Lipinski definition) is 4. The van der Waals surface area contributed by atoms with E-state index in [1.165, 1.54) is 31.2 Å². The molecule has 0 saturated heterocycles. The van der Waals surface area contributed by atoms with E-state index in [1.807, 2.05) is 6.07 Å². The Balaban J connectivity index is 2.96. The van der Waals surface area contributed by atoms with Gasteiger partial charge < -0.3 is 21.5 Å². The van der Waals surface area contributed by atoms with Gasteiger partial charge >= 0.3 is 0 Å². The van der Waals surface area contributed by atoms with Crippen molar-refractivity contribution in [1.82, 2.24) is 10.6 Å². The van der Waals surface area contributed by atoms with E-state index in [4.69, 9.17) is 11.0 Å². The van der Waals surface area contributed by atoms with Gasteiger partial charge in [0.1, 0.15) is 11.8 Å². The summed E-state index contributed by atoms with van der Waals surface area (Å²) in [7, 11) is 0. The summed E-state index contributed by atoms with van der Waals surface area (Å²) in [6.07, 6.45) is 2.75. The molecular formula is C20H26N4O4. The number of hydrogen-bond acceptors (Lipinski definition) is 6. The van der Waals surface area contributed by atoms with E-state index in [0.717, 1.165) is 0 Å². The minimum Gasteiger partial charge on any atom is -0.508 e. The van der Waals surface area contributed by atoms with Crippen LogP contribution in [0.3, 0.4) is 0 Å². The molecular weight excluding hydrogens is 360 g/mol. The van der Waals surface area contributed by atoms with E-state index in [0.29, 0.717) is 5.56 Å². The zero-order valence-corrected chi connectivity index (χ0v) is 16.2. The molecule has 1 rings (SSSR count). The van der Waals surface area contributed by atoms with Gasteiger partial charge in [-0.1, -0.05) is 32.1 Å². The topological polar surface area (TPSA) is 145 Å².